The molecule has 3 aromatic rings. The van der Waals surface area contributed by atoms with Crippen LogP contribution in [0.15, 0.2) is 59.9 Å². The van der Waals surface area contributed by atoms with Gasteiger partial charge in [0.2, 0.25) is 0 Å². The van der Waals surface area contributed by atoms with Crippen LogP contribution < -0.4 is 11.5 Å². The predicted octanol–water partition coefficient (Wildman–Crippen LogP) is 2.97. The van der Waals surface area contributed by atoms with E-state index in [9.17, 15) is 4.79 Å². The minimum absolute atomic E-state index is 0.262. The van der Waals surface area contributed by atoms with Crippen molar-refractivity contribution in [1.82, 2.24) is 4.98 Å². The van der Waals surface area contributed by atoms with E-state index >= 15 is 0 Å². The Balaban J connectivity index is 2.19. The van der Waals surface area contributed by atoms with Crippen LogP contribution in [0.2, 0.25) is 5.02 Å². The molecular weight excluding hydrogens is 312 g/mol. The van der Waals surface area contributed by atoms with Gasteiger partial charge in [-0.15, -0.1) is 0 Å². The number of nitrogens with zero attached hydrogens (tertiary/aromatic N) is 2. The maximum Gasteiger partial charge on any atom is 0.280 e. The summed E-state index contributed by atoms with van der Waals surface area (Å²) < 4.78 is 0. The number of guanidine groups is 1. The average Bonchev–Trinajstić information content (AvgIpc) is 2.53. The Kier molecular flexibility index (Phi) is 3.95. The monoisotopic (exact) mass is 324 g/mol. The van der Waals surface area contributed by atoms with Crippen LogP contribution in [0.25, 0.3) is 21.9 Å². The Labute approximate surface area is 137 Å². The molecule has 0 atom stereocenters. The molecule has 0 saturated carbocycles. The van der Waals surface area contributed by atoms with Gasteiger partial charge in [-0.05, 0) is 34.5 Å². The van der Waals surface area contributed by atoms with Gasteiger partial charge in [0.25, 0.3) is 5.91 Å². The van der Waals surface area contributed by atoms with E-state index in [1.54, 1.807) is 24.5 Å². The van der Waals surface area contributed by atoms with Crippen molar-refractivity contribution in [2.45, 2.75) is 0 Å². The summed E-state index contributed by atoms with van der Waals surface area (Å²) in [5.74, 6) is -0.742. The molecule has 5 nitrogen and oxygen atoms in total. The molecule has 2 aromatic carbocycles. The fourth-order valence-corrected chi connectivity index (χ4v) is 2.57. The molecule has 23 heavy (non-hydrogen) atoms. The first-order valence-corrected chi connectivity index (χ1v) is 7.20. The second-order valence-corrected chi connectivity index (χ2v) is 5.41. The largest absolute Gasteiger partial charge is 0.370 e. The van der Waals surface area contributed by atoms with Crippen molar-refractivity contribution in [2.24, 2.45) is 16.5 Å². The second-order valence-electron chi connectivity index (χ2n) is 4.98. The van der Waals surface area contributed by atoms with E-state index in [4.69, 9.17) is 23.1 Å². The summed E-state index contributed by atoms with van der Waals surface area (Å²) in [5.41, 5.74) is 12.7. The molecule has 0 radical (unpaired) electrons. The quantitative estimate of drug-likeness (QED) is 0.559. The standard InChI is InChI=1S/C17H13ClN4O/c18-13-6-12(8-21-9-13)14-3-1-2-10-4-5-11(7-15(10)14)16(23)22-17(19)20/h1-9H,(H4,19,20,22,23). The van der Waals surface area contributed by atoms with Gasteiger partial charge in [0.15, 0.2) is 5.96 Å². The zero-order valence-corrected chi connectivity index (χ0v) is 12.8. The van der Waals surface area contributed by atoms with E-state index in [0.29, 0.717) is 10.6 Å². The molecule has 3 rings (SSSR count). The van der Waals surface area contributed by atoms with Gasteiger partial charge in [-0.3, -0.25) is 9.78 Å². The van der Waals surface area contributed by atoms with Crippen molar-refractivity contribution >= 4 is 34.2 Å². The highest BCUT2D eigenvalue weighted by Crippen LogP contribution is 2.30. The van der Waals surface area contributed by atoms with Crippen molar-refractivity contribution in [3.63, 3.8) is 0 Å². The molecule has 0 saturated heterocycles. The van der Waals surface area contributed by atoms with Crippen molar-refractivity contribution in [3.05, 3.63) is 65.4 Å². The van der Waals surface area contributed by atoms with Gasteiger partial charge >= 0.3 is 0 Å². The van der Waals surface area contributed by atoms with E-state index < -0.39 is 5.91 Å². The highest BCUT2D eigenvalue weighted by Gasteiger charge is 2.09. The SMILES string of the molecule is NC(N)=NC(=O)c1ccc2cccc(-c3cncc(Cl)c3)c2c1. The van der Waals surface area contributed by atoms with Gasteiger partial charge in [0.1, 0.15) is 0 Å². The van der Waals surface area contributed by atoms with Crippen molar-refractivity contribution in [1.29, 1.82) is 0 Å². The van der Waals surface area contributed by atoms with Crippen LogP contribution in [-0.2, 0) is 0 Å². The molecule has 0 aliphatic heterocycles. The van der Waals surface area contributed by atoms with Gasteiger partial charge in [0.05, 0.1) is 5.02 Å². The third-order valence-electron chi connectivity index (χ3n) is 3.38. The number of benzene rings is 2. The number of halogens is 1. The summed E-state index contributed by atoms with van der Waals surface area (Å²) in [6.45, 7) is 0. The lowest BCUT2D eigenvalue weighted by Crippen LogP contribution is -2.24. The number of aromatic nitrogens is 1. The van der Waals surface area contributed by atoms with Crippen LogP contribution in [0.4, 0.5) is 0 Å². The minimum atomic E-state index is -0.481. The highest BCUT2D eigenvalue weighted by atomic mass is 35.5. The van der Waals surface area contributed by atoms with Crippen LogP contribution in [0.3, 0.4) is 0 Å². The van der Waals surface area contributed by atoms with E-state index in [1.807, 2.05) is 30.3 Å². The van der Waals surface area contributed by atoms with Crippen LogP contribution in [0, 0.1) is 0 Å². The van der Waals surface area contributed by atoms with Crippen LogP contribution >= 0.6 is 11.6 Å². The fraction of sp³-hybridized carbons (Fsp3) is 0. The number of rotatable bonds is 2. The first-order valence-electron chi connectivity index (χ1n) is 6.82. The molecule has 6 heteroatoms. The van der Waals surface area contributed by atoms with Crippen molar-refractivity contribution < 1.29 is 4.79 Å². The smallest absolute Gasteiger partial charge is 0.280 e. The number of fused-ring (bicyclic) bond motifs is 1. The molecule has 4 N–H and O–H groups in total. The molecule has 0 aliphatic rings. The van der Waals surface area contributed by atoms with Gasteiger partial charge in [-0.1, -0.05) is 35.9 Å². The van der Waals surface area contributed by atoms with E-state index in [-0.39, 0.29) is 5.96 Å². The Morgan fingerprint density at radius 3 is 2.65 bits per heavy atom. The van der Waals surface area contributed by atoms with Gasteiger partial charge in [0, 0.05) is 23.5 Å². The number of hydrogen-bond donors (Lipinski definition) is 2. The summed E-state index contributed by atoms with van der Waals surface area (Å²) in [6.07, 6.45) is 3.30. The van der Waals surface area contributed by atoms with Gasteiger partial charge < -0.3 is 11.5 Å². The Morgan fingerprint density at radius 1 is 1.09 bits per heavy atom. The fourth-order valence-electron chi connectivity index (χ4n) is 2.40. The first kappa shape index (κ1) is 15.0. The van der Waals surface area contributed by atoms with Crippen molar-refractivity contribution in [3.8, 4) is 11.1 Å². The molecule has 1 heterocycles. The molecule has 0 spiro atoms. The zero-order valence-electron chi connectivity index (χ0n) is 12.0. The first-order chi connectivity index (χ1) is 11.0. The summed E-state index contributed by atoms with van der Waals surface area (Å²) in [4.78, 5) is 19.7. The summed E-state index contributed by atoms with van der Waals surface area (Å²) in [5, 5.41) is 2.43. The van der Waals surface area contributed by atoms with Crippen LogP contribution in [-0.4, -0.2) is 16.9 Å². The number of pyridine rings is 1. The maximum absolute atomic E-state index is 12.0. The summed E-state index contributed by atoms with van der Waals surface area (Å²) in [7, 11) is 0. The number of nitrogens with two attached hydrogens (primary N) is 2. The van der Waals surface area contributed by atoms with E-state index in [1.165, 1.54) is 0 Å². The summed E-state index contributed by atoms with van der Waals surface area (Å²) in [6, 6.07) is 13.0. The number of amides is 1. The number of carbonyl (C=O) groups excluding carboxylic acids is 1. The van der Waals surface area contributed by atoms with Crippen LogP contribution in [0.1, 0.15) is 10.4 Å². The molecule has 1 amide bonds. The molecule has 0 unspecified atom stereocenters. The lowest BCUT2D eigenvalue weighted by Gasteiger charge is -2.08. The average molecular weight is 325 g/mol. The third kappa shape index (κ3) is 3.14. The van der Waals surface area contributed by atoms with Crippen molar-refractivity contribution in [2.75, 3.05) is 0 Å². The number of hydrogen-bond acceptors (Lipinski definition) is 2. The van der Waals surface area contributed by atoms with Crippen LogP contribution in [0.5, 0.6) is 0 Å². The Bertz CT molecular complexity index is 933. The van der Waals surface area contributed by atoms with Gasteiger partial charge in [-0.2, -0.15) is 4.99 Å². The molecule has 0 bridgehead atoms. The predicted molar refractivity (Wildman–Crippen MR) is 92.3 cm³/mol. The zero-order chi connectivity index (χ0) is 16.4. The molecular formula is C17H13ClN4O. The Morgan fingerprint density at radius 2 is 1.91 bits per heavy atom. The second kappa shape index (κ2) is 6.06. The summed E-state index contributed by atoms with van der Waals surface area (Å²) >= 11 is 6.02. The molecule has 1 aromatic heterocycles. The maximum atomic E-state index is 12.0. The van der Waals surface area contributed by atoms with E-state index in [2.05, 4.69) is 9.98 Å². The number of carbonyl (C=O) groups is 1. The lowest BCUT2D eigenvalue weighted by molar-refractivity contribution is 0.100. The highest BCUT2D eigenvalue weighted by molar-refractivity contribution is 6.30. The molecule has 0 aliphatic carbocycles. The van der Waals surface area contributed by atoms with E-state index in [0.717, 1.165) is 21.9 Å². The third-order valence-corrected chi connectivity index (χ3v) is 3.58. The minimum Gasteiger partial charge on any atom is -0.370 e. The lowest BCUT2D eigenvalue weighted by atomic mass is 9.97. The van der Waals surface area contributed by atoms with Gasteiger partial charge in [-0.25, -0.2) is 0 Å². The number of aliphatic imine (C=N–C) groups is 1. The molecule has 0 fully saturated rings. The molecule has 114 valence electrons. The normalized spacial score (nSPS) is 10.5. The Hall–Kier alpha value is -2.92. The topological polar surface area (TPSA) is 94.4 Å².